The molecule has 25 heavy (non-hydrogen) atoms. The van der Waals surface area contributed by atoms with Gasteiger partial charge in [0.15, 0.2) is 0 Å². The first-order valence-corrected chi connectivity index (χ1v) is 8.23. The van der Waals surface area contributed by atoms with Gasteiger partial charge in [0.1, 0.15) is 5.75 Å². The van der Waals surface area contributed by atoms with E-state index in [1.54, 1.807) is 24.3 Å². The molecule has 1 aromatic heterocycles. The van der Waals surface area contributed by atoms with Crippen LogP contribution in [0.4, 0.5) is 0 Å². The molecule has 0 spiro atoms. The molecule has 0 bridgehead atoms. The molecule has 3 rings (SSSR count). The molecule has 128 valence electrons. The molecule has 0 aliphatic carbocycles. The number of carbonyl (C=O) groups excluding carboxylic acids is 2. The Labute approximate surface area is 149 Å². The molecular weight excluding hydrogens is 340 g/mol. The molecule has 0 aliphatic heterocycles. The van der Waals surface area contributed by atoms with E-state index in [1.807, 2.05) is 24.4 Å². The van der Waals surface area contributed by atoms with Gasteiger partial charge in [-0.3, -0.25) is 9.59 Å². The average molecular weight is 357 g/mol. The molecule has 0 aliphatic rings. The van der Waals surface area contributed by atoms with Gasteiger partial charge in [-0.05, 0) is 54.4 Å². The lowest BCUT2D eigenvalue weighted by molar-refractivity contribution is -0.131. The Hall–Kier alpha value is -2.79. The number of aromatic amines is 1. The summed E-state index contributed by atoms with van der Waals surface area (Å²) in [6.07, 6.45) is 2.62. The minimum Gasteiger partial charge on any atom is -0.427 e. The van der Waals surface area contributed by atoms with E-state index in [2.05, 4.69) is 10.3 Å². The van der Waals surface area contributed by atoms with Crippen molar-refractivity contribution in [3.05, 3.63) is 64.8 Å². The van der Waals surface area contributed by atoms with Gasteiger partial charge >= 0.3 is 5.97 Å². The first kappa shape index (κ1) is 17.0. The number of hydrogen-bond acceptors (Lipinski definition) is 3. The second-order valence-electron chi connectivity index (χ2n) is 5.63. The van der Waals surface area contributed by atoms with Crippen molar-refractivity contribution in [1.29, 1.82) is 0 Å². The number of halogens is 1. The van der Waals surface area contributed by atoms with Crippen molar-refractivity contribution in [1.82, 2.24) is 10.3 Å². The molecule has 0 fully saturated rings. The molecule has 1 heterocycles. The van der Waals surface area contributed by atoms with E-state index >= 15 is 0 Å². The molecule has 6 heteroatoms. The summed E-state index contributed by atoms with van der Waals surface area (Å²) in [5.74, 6) is -0.150. The Morgan fingerprint density at radius 1 is 1.16 bits per heavy atom. The fourth-order valence-electron chi connectivity index (χ4n) is 2.61. The van der Waals surface area contributed by atoms with Crippen LogP contribution in [0, 0.1) is 0 Å². The number of rotatable bonds is 5. The van der Waals surface area contributed by atoms with Gasteiger partial charge < -0.3 is 15.0 Å². The second kappa shape index (κ2) is 7.40. The Kier molecular flexibility index (Phi) is 5.05. The molecule has 2 aromatic carbocycles. The van der Waals surface area contributed by atoms with Crippen molar-refractivity contribution in [2.45, 2.75) is 13.3 Å². The molecule has 0 radical (unpaired) electrons. The van der Waals surface area contributed by atoms with Crippen LogP contribution >= 0.6 is 11.6 Å². The number of amides is 1. The second-order valence-corrected chi connectivity index (χ2v) is 6.06. The fraction of sp³-hybridized carbons (Fsp3) is 0.158. The summed E-state index contributed by atoms with van der Waals surface area (Å²) in [7, 11) is 0. The van der Waals surface area contributed by atoms with Crippen LogP contribution in [-0.2, 0) is 11.2 Å². The molecule has 2 N–H and O–H groups in total. The lowest BCUT2D eigenvalue weighted by Crippen LogP contribution is -2.25. The Balaban J connectivity index is 1.58. The summed E-state index contributed by atoms with van der Waals surface area (Å²) in [5, 5.41) is 4.63. The van der Waals surface area contributed by atoms with Gasteiger partial charge in [0.05, 0.1) is 0 Å². The van der Waals surface area contributed by atoms with Crippen LogP contribution in [-0.4, -0.2) is 23.4 Å². The van der Waals surface area contributed by atoms with Gasteiger partial charge in [-0.15, -0.1) is 0 Å². The normalized spacial score (nSPS) is 10.6. The minimum absolute atomic E-state index is 0.174. The molecular formula is C19H17ClN2O3. The van der Waals surface area contributed by atoms with Crippen molar-refractivity contribution in [3.8, 4) is 5.75 Å². The highest BCUT2D eigenvalue weighted by atomic mass is 35.5. The Morgan fingerprint density at radius 3 is 2.64 bits per heavy atom. The highest BCUT2D eigenvalue weighted by Crippen LogP contribution is 2.22. The molecule has 3 aromatic rings. The van der Waals surface area contributed by atoms with E-state index in [1.165, 1.54) is 6.92 Å². The minimum atomic E-state index is -0.393. The van der Waals surface area contributed by atoms with E-state index in [0.29, 0.717) is 29.3 Å². The van der Waals surface area contributed by atoms with Crippen molar-refractivity contribution in [2.75, 3.05) is 6.54 Å². The summed E-state index contributed by atoms with van der Waals surface area (Å²) in [4.78, 5) is 26.3. The Bertz CT molecular complexity index is 916. The molecule has 5 nitrogen and oxygen atoms in total. The predicted octanol–water partition coefficient (Wildman–Crippen LogP) is 3.72. The van der Waals surface area contributed by atoms with E-state index < -0.39 is 5.97 Å². The maximum absolute atomic E-state index is 12.2. The van der Waals surface area contributed by atoms with E-state index in [-0.39, 0.29) is 5.91 Å². The quantitative estimate of drug-likeness (QED) is 0.540. The van der Waals surface area contributed by atoms with Crippen LogP contribution < -0.4 is 10.1 Å². The van der Waals surface area contributed by atoms with Gasteiger partial charge in [0.25, 0.3) is 5.91 Å². The molecule has 0 unspecified atom stereocenters. The molecule has 0 saturated carbocycles. The highest BCUT2D eigenvalue weighted by molar-refractivity contribution is 6.31. The first-order valence-electron chi connectivity index (χ1n) is 7.85. The van der Waals surface area contributed by atoms with Crippen LogP contribution in [0.25, 0.3) is 10.9 Å². The molecule has 0 saturated heterocycles. The predicted molar refractivity (Wildman–Crippen MR) is 97.1 cm³/mol. The van der Waals surface area contributed by atoms with Gasteiger partial charge in [-0.25, -0.2) is 0 Å². The SMILES string of the molecule is CC(=O)Oc1ccc(C(=O)NCCc2c[nH]c3ccc(Cl)cc23)cc1. The zero-order valence-electron chi connectivity index (χ0n) is 13.6. The lowest BCUT2D eigenvalue weighted by Gasteiger charge is -2.06. The standard InChI is InChI=1S/C19H17ClN2O3/c1-12(23)25-16-5-2-13(3-6-16)19(24)21-9-8-14-11-22-18-7-4-15(20)10-17(14)18/h2-7,10-11,22H,8-9H2,1H3,(H,21,24). The average Bonchev–Trinajstić information content (AvgIpc) is 2.97. The Morgan fingerprint density at radius 2 is 1.92 bits per heavy atom. The summed E-state index contributed by atoms with van der Waals surface area (Å²) < 4.78 is 4.94. The van der Waals surface area contributed by atoms with Crippen molar-refractivity contribution < 1.29 is 14.3 Å². The van der Waals surface area contributed by atoms with Crippen molar-refractivity contribution in [2.24, 2.45) is 0 Å². The first-order chi connectivity index (χ1) is 12.0. The summed E-state index contributed by atoms with van der Waals surface area (Å²) >= 11 is 6.04. The van der Waals surface area contributed by atoms with Crippen LogP contribution in [0.3, 0.4) is 0 Å². The highest BCUT2D eigenvalue weighted by Gasteiger charge is 2.08. The monoisotopic (exact) mass is 356 g/mol. The largest absolute Gasteiger partial charge is 0.427 e. The number of aromatic nitrogens is 1. The summed E-state index contributed by atoms with van der Waals surface area (Å²) in [6, 6.07) is 12.1. The zero-order chi connectivity index (χ0) is 17.8. The lowest BCUT2D eigenvalue weighted by atomic mass is 10.1. The van der Waals surface area contributed by atoms with Crippen molar-refractivity contribution >= 4 is 34.4 Å². The van der Waals surface area contributed by atoms with Gasteiger partial charge in [0.2, 0.25) is 0 Å². The number of benzene rings is 2. The molecule has 0 atom stereocenters. The number of fused-ring (bicyclic) bond motifs is 1. The third kappa shape index (κ3) is 4.19. The maximum Gasteiger partial charge on any atom is 0.308 e. The van der Waals surface area contributed by atoms with Gasteiger partial charge in [0, 0.05) is 41.2 Å². The van der Waals surface area contributed by atoms with Crippen molar-refractivity contribution in [3.63, 3.8) is 0 Å². The topological polar surface area (TPSA) is 71.2 Å². The smallest absolute Gasteiger partial charge is 0.308 e. The van der Waals surface area contributed by atoms with Crippen LogP contribution in [0.1, 0.15) is 22.8 Å². The zero-order valence-corrected chi connectivity index (χ0v) is 14.4. The number of hydrogen-bond donors (Lipinski definition) is 2. The van der Waals surface area contributed by atoms with Gasteiger partial charge in [-0.1, -0.05) is 11.6 Å². The van der Waals surface area contributed by atoms with E-state index in [4.69, 9.17) is 16.3 Å². The summed E-state index contributed by atoms with van der Waals surface area (Å²) in [5.41, 5.74) is 2.63. The fourth-order valence-corrected chi connectivity index (χ4v) is 2.78. The number of carbonyl (C=O) groups is 2. The third-order valence-electron chi connectivity index (χ3n) is 3.79. The molecule has 1 amide bonds. The number of nitrogens with one attached hydrogen (secondary N) is 2. The van der Waals surface area contributed by atoms with Crippen LogP contribution in [0.5, 0.6) is 5.75 Å². The third-order valence-corrected chi connectivity index (χ3v) is 4.02. The van der Waals surface area contributed by atoms with Crippen LogP contribution in [0.15, 0.2) is 48.7 Å². The maximum atomic E-state index is 12.2. The number of ether oxygens (including phenoxy) is 1. The van der Waals surface area contributed by atoms with E-state index in [9.17, 15) is 9.59 Å². The van der Waals surface area contributed by atoms with Crippen LogP contribution in [0.2, 0.25) is 5.02 Å². The summed E-state index contributed by atoms with van der Waals surface area (Å²) in [6.45, 7) is 1.84. The van der Waals surface area contributed by atoms with Gasteiger partial charge in [-0.2, -0.15) is 0 Å². The number of H-pyrrole nitrogens is 1. The number of esters is 1. The van der Waals surface area contributed by atoms with E-state index in [0.717, 1.165) is 16.5 Å².